The van der Waals surface area contributed by atoms with Crippen LogP contribution in [0.5, 0.6) is 0 Å². The number of methoxy groups -OCH3 is 1. The van der Waals surface area contributed by atoms with Crippen molar-refractivity contribution in [2.24, 2.45) is 46.3 Å². The minimum atomic E-state index is 0.0167. The third kappa shape index (κ3) is 0.366. The Morgan fingerprint density at radius 3 is 2.20 bits per heavy atom. The Labute approximate surface area is 92.6 Å². The summed E-state index contributed by atoms with van der Waals surface area (Å²) in [5, 5.41) is 0. The topological polar surface area (TPSA) is 38.3 Å². The molecule has 0 aromatic carbocycles. The number of carbonyl (C=O) groups excluding carboxylic acids is 1. The third-order valence-electron chi connectivity index (χ3n) is 6.75. The SMILES string of the molecule is COC(=O)C12C3C4C1C1C2C3C41CNCl. The van der Waals surface area contributed by atoms with Gasteiger partial charge in [-0.3, -0.25) is 4.79 Å². The fourth-order valence-electron chi connectivity index (χ4n) is 6.81. The smallest absolute Gasteiger partial charge is 0.312 e. The number of carbonyl (C=O) groups is 1. The zero-order valence-electron chi connectivity index (χ0n) is 8.37. The maximum Gasteiger partial charge on any atom is 0.312 e. The molecule has 6 saturated carbocycles. The lowest BCUT2D eigenvalue weighted by molar-refractivity contribution is -0.640. The molecule has 0 unspecified atom stereocenters. The maximum atomic E-state index is 11.8. The van der Waals surface area contributed by atoms with E-state index in [2.05, 4.69) is 4.84 Å². The summed E-state index contributed by atoms with van der Waals surface area (Å²) in [6.45, 7) is 0.954. The van der Waals surface area contributed by atoms with Crippen molar-refractivity contribution in [3.8, 4) is 0 Å². The molecule has 6 rings (SSSR count). The molecule has 4 heteroatoms. The lowest BCUT2D eigenvalue weighted by Crippen LogP contribution is -3.11. The summed E-state index contributed by atoms with van der Waals surface area (Å²) in [5.41, 5.74) is 0.542. The highest BCUT2D eigenvalue weighted by molar-refractivity contribution is 6.13. The highest BCUT2D eigenvalue weighted by atomic mass is 35.5. The van der Waals surface area contributed by atoms with Crippen molar-refractivity contribution in [2.75, 3.05) is 13.7 Å². The van der Waals surface area contributed by atoms with Gasteiger partial charge in [-0.05, 0) is 52.7 Å². The Kier molecular flexibility index (Phi) is 0.917. The average molecular weight is 226 g/mol. The number of hydrogen-bond acceptors (Lipinski definition) is 3. The van der Waals surface area contributed by atoms with E-state index < -0.39 is 0 Å². The Balaban J connectivity index is 1.52. The maximum absolute atomic E-state index is 11.8. The Morgan fingerprint density at radius 2 is 1.80 bits per heavy atom. The Morgan fingerprint density at radius 1 is 1.27 bits per heavy atom. The molecule has 0 heterocycles. The minimum absolute atomic E-state index is 0.0167. The van der Waals surface area contributed by atoms with Crippen LogP contribution < -0.4 is 4.84 Å². The fourth-order valence-corrected chi connectivity index (χ4v) is 7.04. The van der Waals surface area contributed by atoms with Crippen molar-refractivity contribution in [3.63, 3.8) is 0 Å². The van der Waals surface area contributed by atoms with Crippen molar-refractivity contribution in [3.05, 3.63) is 0 Å². The number of hydrogen-bond donors (Lipinski definition) is 1. The molecule has 0 aromatic heterocycles. The van der Waals surface area contributed by atoms with E-state index in [9.17, 15) is 4.79 Å². The van der Waals surface area contributed by atoms with Crippen LogP contribution in [0.2, 0.25) is 0 Å². The van der Waals surface area contributed by atoms with Crippen LogP contribution in [0.3, 0.4) is 0 Å². The molecule has 6 aliphatic rings. The zero-order valence-corrected chi connectivity index (χ0v) is 9.12. The molecule has 0 aliphatic heterocycles. The lowest BCUT2D eigenvalue weighted by atomic mass is 8.92. The first-order valence-electron chi connectivity index (χ1n) is 5.69. The molecule has 0 spiro atoms. The monoisotopic (exact) mass is 225 g/mol. The van der Waals surface area contributed by atoms with Crippen LogP contribution in [0.15, 0.2) is 0 Å². The molecule has 0 atom stereocenters. The van der Waals surface area contributed by atoms with Gasteiger partial charge in [0.1, 0.15) is 0 Å². The quantitative estimate of drug-likeness (QED) is 0.566. The molecule has 3 nitrogen and oxygen atoms in total. The van der Waals surface area contributed by atoms with E-state index in [4.69, 9.17) is 16.5 Å². The fraction of sp³-hybridized carbons (Fsp3) is 0.909. The first-order chi connectivity index (χ1) is 7.27. The number of halogens is 1. The van der Waals surface area contributed by atoms with E-state index in [1.54, 1.807) is 0 Å². The molecule has 0 aromatic rings. The molecule has 0 saturated heterocycles. The first-order valence-corrected chi connectivity index (χ1v) is 6.07. The van der Waals surface area contributed by atoms with Crippen LogP contribution in [0, 0.1) is 46.3 Å². The van der Waals surface area contributed by atoms with Crippen LogP contribution in [0.4, 0.5) is 0 Å². The van der Waals surface area contributed by atoms with E-state index in [1.807, 2.05) is 0 Å². The minimum Gasteiger partial charge on any atom is -0.469 e. The van der Waals surface area contributed by atoms with E-state index in [1.165, 1.54) is 7.11 Å². The van der Waals surface area contributed by atoms with Gasteiger partial charge in [-0.2, -0.15) is 0 Å². The predicted octanol–water partition coefficient (Wildman–Crippen LogP) is 0.641. The molecule has 0 bridgehead atoms. The summed E-state index contributed by atoms with van der Waals surface area (Å²) in [7, 11) is 1.53. The molecular weight excluding hydrogens is 214 g/mol. The van der Waals surface area contributed by atoms with Gasteiger partial charge < -0.3 is 4.74 Å². The molecule has 15 heavy (non-hydrogen) atoms. The van der Waals surface area contributed by atoms with E-state index in [0.717, 1.165) is 24.3 Å². The van der Waals surface area contributed by atoms with E-state index >= 15 is 0 Å². The summed E-state index contributed by atoms with van der Waals surface area (Å²) in [5.74, 6) is 4.53. The van der Waals surface area contributed by atoms with Crippen LogP contribution in [0.1, 0.15) is 0 Å². The number of nitrogens with one attached hydrogen (secondary N) is 1. The van der Waals surface area contributed by atoms with Crippen molar-refractivity contribution < 1.29 is 9.53 Å². The average Bonchev–Trinajstić information content (AvgIpc) is 2.29. The van der Waals surface area contributed by atoms with Crippen LogP contribution >= 0.6 is 11.8 Å². The van der Waals surface area contributed by atoms with Crippen LogP contribution in [-0.4, -0.2) is 19.6 Å². The summed E-state index contributed by atoms with van der Waals surface area (Å²) in [4.78, 5) is 14.6. The predicted molar refractivity (Wildman–Crippen MR) is 51.7 cm³/mol. The first kappa shape index (κ1) is 7.91. The summed E-state index contributed by atoms with van der Waals surface area (Å²) < 4.78 is 4.97. The zero-order chi connectivity index (χ0) is 10.2. The number of ether oxygens (including phenoxy) is 1. The van der Waals surface area contributed by atoms with Gasteiger partial charge >= 0.3 is 5.97 Å². The molecule has 1 N–H and O–H groups in total. The van der Waals surface area contributed by atoms with Gasteiger partial charge in [0, 0.05) is 6.54 Å². The van der Waals surface area contributed by atoms with E-state index in [-0.39, 0.29) is 11.4 Å². The second-order valence-corrected chi connectivity index (χ2v) is 6.27. The van der Waals surface area contributed by atoms with Gasteiger partial charge in [0.15, 0.2) is 0 Å². The summed E-state index contributed by atoms with van der Waals surface area (Å²) >= 11 is 5.64. The second-order valence-electron chi connectivity index (χ2n) is 6.00. The van der Waals surface area contributed by atoms with Gasteiger partial charge in [-0.25, -0.2) is 4.84 Å². The van der Waals surface area contributed by atoms with Gasteiger partial charge in [-0.1, -0.05) is 0 Å². The van der Waals surface area contributed by atoms with Crippen molar-refractivity contribution >= 4 is 17.7 Å². The van der Waals surface area contributed by atoms with Gasteiger partial charge in [-0.15, -0.1) is 0 Å². The van der Waals surface area contributed by atoms with Crippen molar-refractivity contribution in [1.82, 2.24) is 4.84 Å². The lowest BCUT2D eigenvalue weighted by Gasteiger charge is -3.10. The highest BCUT2D eigenvalue weighted by Gasteiger charge is 3.11. The Hall–Kier alpha value is -0.280. The van der Waals surface area contributed by atoms with Crippen molar-refractivity contribution in [1.29, 1.82) is 0 Å². The molecular formula is C11H12ClNO2. The van der Waals surface area contributed by atoms with Crippen molar-refractivity contribution in [2.45, 2.75) is 0 Å². The summed E-state index contributed by atoms with van der Waals surface area (Å²) in [6, 6.07) is 0. The number of esters is 1. The third-order valence-corrected chi connectivity index (χ3v) is 6.88. The van der Waals surface area contributed by atoms with Crippen LogP contribution in [-0.2, 0) is 9.53 Å². The largest absolute Gasteiger partial charge is 0.469 e. The molecule has 0 radical (unpaired) electrons. The highest BCUT2D eigenvalue weighted by Crippen LogP contribution is 3.10. The normalized spacial score (nSPS) is 72.7. The van der Waals surface area contributed by atoms with E-state index in [0.29, 0.717) is 23.2 Å². The molecule has 0 amide bonds. The Bertz CT molecular complexity index is 367. The number of rotatable bonds is 3. The summed E-state index contributed by atoms with van der Waals surface area (Å²) in [6.07, 6.45) is 0. The van der Waals surface area contributed by atoms with Crippen LogP contribution in [0.25, 0.3) is 0 Å². The van der Waals surface area contributed by atoms with Gasteiger partial charge in [0.25, 0.3) is 0 Å². The van der Waals surface area contributed by atoms with Gasteiger partial charge in [0.05, 0.1) is 12.5 Å². The molecule has 80 valence electrons. The second kappa shape index (κ2) is 1.74. The molecule has 6 fully saturated rings. The molecule has 6 aliphatic carbocycles. The van der Waals surface area contributed by atoms with Gasteiger partial charge in [0.2, 0.25) is 0 Å². The standard InChI is InChI=1S/C11H12ClNO2/c1-15-9(14)11-6-3-7(11)5-8(11)4(6)10(3,5)2-13-12/h3-8,13H,2H2,1H3.